The van der Waals surface area contributed by atoms with Gasteiger partial charge in [0, 0.05) is 63.0 Å². The van der Waals surface area contributed by atoms with Gasteiger partial charge in [0.2, 0.25) is 11.4 Å². The molecular weight excluding hydrogens is 442 g/mol. The fraction of sp³-hybridized carbons (Fsp3) is 0.462. The highest BCUT2D eigenvalue weighted by Gasteiger charge is 2.22. The molecule has 1 saturated carbocycles. The molecule has 3 aromatic rings. The molecule has 184 valence electrons. The largest absolute Gasteiger partial charge is 0.369 e. The maximum Gasteiger partial charge on any atom is 0.256 e. The second-order valence-electron chi connectivity index (χ2n) is 9.55. The van der Waals surface area contributed by atoms with Gasteiger partial charge in [-0.15, -0.1) is 0 Å². The number of rotatable bonds is 5. The predicted octanol–water partition coefficient (Wildman–Crippen LogP) is 3.15. The molecule has 9 heteroatoms. The standard InChI is InChI=1S/C26H33N7O2/c1-27-25(35)22-17-33(19-8-4-3-5-9-19)24-21(23(22)34)16-28-26(30-24)29-18-7-6-10-20(15-18)32-13-11-31(2)12-14-32/h6-7,10,15-17,19H,3-5,8-9,11-14H2,1-2H3,(H,27,35)(H,28,29,30). The second kappa shape index (κ2) is 10.0. The van der Waals surface area contributed by atoms with Crippen molar-refractivity contribution < 1.29 is 4.79 Å². The number of nitrogens with zero attached hydrogens (tertiary/aromatic N) is 5. The molecule has 0 atom stereocenters. The summed E-state index contributed by atoms with van der Waals surface area (Å²) in [4.78, 5) is 39.4. The van der Waals surface area contributed by atoms with Gasteiger partial charge in [-0.05, 0) is 38.1 Å². The first-order valence-electron chi connectivity index (χ1n) is 12.5. The molecule has 0 spiro atoms. The molecule has 1 aromatic carbocycles. The van der Waals surface area contributed by atoms with E-state index in [2.05, 4.69) is 44.6 Å². The van der Waals surface area contributed by atoms with Crippen LogP contribution in [0.4, 0.5) is 17.3 Å². The average molecular weight is 476 g/mol. The quantitative estimate of drug-likeness (QED) is 0.585. The number of aromatic nitrogens is 3. The molecule has 2 aliphatic rings. The van der Waals surface area contributed by atoms with Gasteiger partial charge in [-0.25, -0.2) is 4.98 Å². The monoisotopic (exact) mass is 475 g/mol. The smallest absolute Gasteiger partial charge is 0.256 e. The topological polar surface area (TPSA) is 95.4 Å². The summed E-state index contributed by atoms with van der Waals surface area (Å²) in [6, 6.07) is 8.47. The number of amides is 1. The number of piperazine rings is 1. The Morgan fingerprint density at radius 1 is 1.09 bits per heavy atom. The maximum absolute atomic E-state index is 13.1. The number of carbonyl (C=O) groups excluding carboxylic acids is 1. The molecule has 2 aromatic heterocycles. The summed E-state index contributed by atoms with van der Waals surface area (Å²) in [6.07, 6.45) is 8.71. The van der Waals surface area contributed by atoms with Crippen LogP contribution in [0.25, 0.3) is 11.0 Å². The molecule has 1 aliphatic heterocycles. The Hall–Kier alpha value is -3.46. The van der Waals surface area contributed by atoms with Crippen molar-refractivity contribution in [2.75, 3.05) is 50.5 Å². The molecule has 1 saturated heterocycles. The zero-order valence-electron chi connectivity index (χ0n) is 20.5. The summed E-state index contributed by atoms with van der Waals surface area (Å²) in [5, 5.41) is 6.28. The van der Waals surface area contributed by atoms with Crippen LogP contribution in [0, 0.1) is 0 Å². The fourth-order valence-electron chi connectivity index (χ4n) is 5.10. The Morgan fingerprint density at radius 3 is 2.60 bits per heavy atom. The van der Waals surface area contributed by atoms with Crippen LogP contribution in [0.5, 0.6) is 0 Å². The number of nitrogens with one attached hydrogen (secondary N) is 2. The van der Waals surface area contributed by atoms with Crippen molar-refractivity contribution in [1.82, 2.24) is 24.8 Å². The highest BCUT2D eigenvalue weighted by Crippen LogP contribution is 2.30. The van der Waals surface area contributed by atoms with Gasteiger partial charge in [-0.1, -0.05) is 25.3 Å². The molecule has 0 radical (unpaired) electrons. The minimum Gasteiger partial charge on any atom is -0.369 e. The summed E-state index contributed by atoms with van der Waals surface area (Å²) in [5.74, 6) is 0.0501. The van der Waals surface area contributed by atoms with E-state index in [9.17, 15) is 9.59 Å². The Bertz CT molecular complexity index is 1270. The molecule has 35 heavy (non-hydrogen) atoms. The Kier molecular flexibility index (Phi) is 6.68. The third-order valence-corrected chi connectivity index (χ3v) is 7.18. The summed E-state index contributed by atoms with van der Waals surface area (Å²) >= 11 is 0. The molecule has 0 bridgehead atoms. The molecule has 1 amide bonds. The van der Waals surface area contributed by atoms with Gasteiger partial charge >= 0.3 is 0 Å². The summed E-state index contributed by atoms with van der Waals surface area (Å²) in [5.41, 5.74) is 2.43. The highest BCUT2D eigenvalue weighted by molar-refractivity contribution is 5.96. The zero-order valence-corrected chi connectivity index (χ0v) is 20.5. The molecule has 2 N–H and O–H groups in total. The van der Waals surface area contributed by atoms with Crippen LogP contribution in [0.2, 0.25) is 0 Å². The Labute approximate surface area is 205 Å². The first-order chi connectivity index (χ1) is 17.0. The maximum atomic E-state index is 13.1. The van der Waals surface area contributed by atoms with Crippen LogP contribution >= 0.6 is 0 Å². The lowest BCUT2D eigenvalue weighted by Gasteiger charge is -2.34. The van der Waals surface area contributed by atoms with Gasteiger partial charge in [0.15, 0.2) is 0 Å². The minimum absolute atomic E-state index is 0.134. The highest BCUT2D eigenvalue weighted by atomic mass is 16.2. The lowest BCUT2D eigenvalue weighted by Crippen LogP contribution is -2.44. The van der Waals surface area contributed by atoms with Gasteiger partial charge in [-0.2, -0.15) is 4.98 Å². The summed E-state index contributed by atoms with van der Waals surface area (Å²) < 4.78 is 2.02. The SMILES string of the molecule is CNC(=O)c1cn(C2CCCCC2)c2nc(Nc3cccc(N4CCN(C)CC4)c3)ncc2c1=O. The number of fused-ring (bicyclic) bond motifs is 1. The predicted molar refractivity (Wildman–Crippen MR) is 139 cm³/mol. The third kappa shape index (κ3) is 4.86. The van der Waals surface area contributed by atoms with E-state index < -0.39 is 0 Å². The van der Waals surface area contributed by atoms with E-state index in [0.717, 1.165) is 57.5 Å². The van der Waals surface area contributed by atoms with Crippen molar-refractivity contribution in [2.45, 2.75) is 38.1 Å². The Balaban J connectivity index is 1.50. The van der Waals surface area contributed by atoms with E-state index in [4.69, 9.17) is 4.98 Å². The van der Waals surface area contributed by atoms with Crippen molar-refractivity contribution in [1.29, 1.82) is 0 Å². The number of benzene rings is 1. The van der Waals surface area contributed by atoms with Gasteiger partial charge in [0.25, 0.3) is 5.91 Å². The van der Waals surface area contributed by atoms with Crippen LogP contribution in [0.15, 0.2) is 41.5 Å². The van der Waals surface area contributed by atoms with Crippen molar-refractivity contribution in [2.24, 2.45) is 0 Å². The molecule has 3 heterocycles. The normalized spacial score (nSPS) is 17.5. The van der Waals surface area contributed by atoms with Gasteiger partial charge in [0.1, 0.15) is 11.2 Å². The van der Waals surface area contributed by atoms with Crippen molar-refractivity contribution in [3.05, 3.63) is 52.4 Å². The minimum atomic E-state index is -0.385. The second-order valence-corrected chi connectivity index (χ2v) is 9.55. The van der Waals surface area contributed by atoms with E-state index in [1.165, 1.54) is 19.2 Å². The van der Waals surface area contributed by atoms with Crippen molar-refractivity contribution in [3.8, 4) is 0 Å². The summed E-state index contributed by atoms with van der Waals surface area (Å²) in [6.45, 7) is 4.08. The number of hydrogen-bond donors (Lipinski definition) is 2. The van der Waals surface area contributed by atoms with E-state index in [-0.39, 0.29) is 22.9 Å². The molecule has 1 aliphatic carbocycles. The van der Waals surface area contributed by atoms with Crippen LogP contribution in [-0.4, -0.2) is 65.6 Å². The van der Waals surface area contributed by atoms with Crippen molar-refractivity contribution in [3.63, 3.8) is 0 Å². The van der Waals surface area contributed by atoms with Crippen LogP contribution < -0.4 is 21.0 Å². The zero-order chi connectivity index (χ0) is 24.4. The van der Waals surface area contributed by atoms with E-state index in [1.54, 1.807) is 12.4 Å². The van der Waals surface area contributed by atoms with E-state index in [1.807, 2.05) is 16.7 Å². The molecule has 5 rings (SSSR count). The average Bonchev–Trinajstić information content (AvgIpc) is 2.89. The van der Waals surface area contributed by atoms with Crippen LogP contribution in [0.1, 0.15) is 48.5 Å². The molecule has 0 unspecified atom stereocenters. The van der Waals surface area contributed by atoms with Crippen LogP contribution in [0.3, 0.4) is 0 Å². The third-order valence-electron chi connectivity index (χ3n) is 7.18. The number of anilines is 3. The first kappa shape index (κ1) is 23.3. The molecular formula is C26H33N7O2. The van der Waals surface area contributed by atoms with Crippen LogP contribution in [-0.2, 0) is 0 Å². The van der Waals surface area contributed by atoms with E-state index >= 15 is 0 Å². The number of likely N-dealkylation sites (N-methyl/N-ethyl adjacent to an activating group) is 1. The van der Waals surface area contributed by atoms with Gasteiger partial charge in [-0.3, -0.25) is 9.59 Å². The van der Waals surface area contributed by atoms with Gasteiger partial charge < -0.3 is 25.0 Å². The lowest BCUT2D eigenvalue weighted by atomic mass is 9.95. The molecule has 9 nitrogen and oxygen atoms in total. The number of carbonyl (C=O) groups is 1. The first-order valence-corrected chi connectivity index (χ1v) is 12.5. The molecule has 2 fully saturated rings. The van der Waals surface area contributed by atoms with E-state index in [0.29, 0.717) is 17.0 Å². The Morgan fingerprint density at radius 2 is 1.86 bits per heavy atom. The van der Waals surface area contributed by atoms with Gasteiger partial charge in [0.05, 0.1) is 5.39 Å². The number of pyridine rings is 1. The lowest BCUT2D eigenvalue weighted by molar-refractivity contribution is 0.0961. The van der Waals surface area contributed by atoms with Crippen molar-refractivity contribution >= 4 is 34.3 Å². The summed E-state index contributed by atoms with van der Waals surface area (Å²) in [7, 11) is 3.69. The number of hydrogen-bond acceptors (Lipinski definition) is 7. The fourth-order valence-corrected chi connectivity index (χ4v) is 5.10.